The molecule has 1 heterocycles. The second-order valence-electron chi connectivity index (χ2n) is 5.24. The Kier molecular flexibility index (Phi) is 6.10. The molecule has 2 aromatic rings. The number of aryl methyl sites for hydroxylation is 2. The van der Waals surface area contributed by atoms with Gasteiger partial charge in [-0.1, -0.05) is 38.0 Å². The van der Waals surface area contributed by atoms with E-state index in [1.165, 1.54) is 0 Å². The molecule has 6 nitrogen and oxygen atoms in total. The van der Waals surface area contributed by atoms with E-state index in [2.05, 4.69) is 52.7 Å². The number of rotatable bonds is 7. The maximum absolute atomic E-state index is 12.4. The molecule has 0 aliphatic carbocycles. The van der Waals surface area contributed by atoms with Crippen molar-refractivity contribution in [1.29, 1.82) is 0 Å². The molecule has 0 unspecified atom stereocenters. The van der Waals surface area contributed by atoms with E-state index < -0.39 is 0 Å². The zero-order chi connectivity index (χ0) is 17.5. The van der Waals surface area contributed by atoms with Crippen LogP contribution in [0, 0.1) is 12.3 Å². The number of benzene rings is 1. The molecule has 0 bridgehead atoms. The molecule has 0 spiro atoms. The lowest BCUT2D eigenvalue weighted by atomic mass is 9.97. The number of hydrazine groups is 1. The molecular weight excluding hydrogens is 302 g/mol. The van der Waals surface area contributed by atoms with Crippen molar-refractivity contribution in [3.63, 3.8) is 0 Å². The van der Waals surface area contributed by atoms with E-state index >= 15 is 0 Å². The molecule has 0 fully saturated rings. The Labute approximate surface area is 142 Å². The van der Waals surface area contributed by atoms with Crippen molar-refractivity contribution in [2.75, 3.05) is 12.0 Å². The van der Waals surface area contributed by atoms with E-state index in [9.17, 15) is 4.79 Å². The molecule has 0 atom stereocenters. The SMILES string of the molecule is C#CCNNc1nc(-c2c(CC)cccc2CC)n(CC)c(=O)n1. The van der Waals surface area contributed by atoms with E-state index in [-0.39, 0.29) is 11.6 Å². The van der Waals surface area contributed by atoms with Crippen molar-refractivity contribution < 1.29 is 0 Å². The van der Waals surface area contributed by atoms with Crippen LogP contribution in [-0.4, -0.2) is 21.1 Å². The highest BCUT2D eigenvalue weighted by atomic mass is 16.1. The van der Waals surface area contributed by atoms with Gasteiger partial charge in [0.25, 0.3) is 0 Å². The molecule has 0 saturated heterocycles. The Morgan fingerprint density at radius 2 is 1.83 bits per heavy atom. The summed E-state index contributed by atoms with van der Waals surface area (Å²) >= 11 is 0. The minimum atomic E-state index is -0.333. The van der Waals surface area contributed by atoms with E-state index in [4.69, 9.17) is 6.42 Å². The Morgan fingerprint density at radius 3 is 2.38 bits per heavy atom. The summed E-state index contributed by atoms with van der Waals surface area (Å²) in [5, 5.41) is 0. The van der Waals surface area contributed by atoms with Gasteiger partial charge in [-0.2, -0.15) is 9.97 Å². The van der Waals surface area contributed by atoms with Gasteiger partial charge in [0.2, 0.25) is 5.95 Å². The van der Waals surface area contributed by atoms with Crippen molar-refractivity contribution in [2.45, 2.75) is 40.2 Å². The first-order chi connectivity index (χ1) is 11.7. The van der Waals surface area contributed by atoms with Crippen LogP contribution < -0.4 is 16.5 Å². The average molecular weight is 325 g/mol. The van der Waals surface area contributed by atoms with Crippen LogP contribution >= 0.6 is 0 Å². The van der Waals surface area contributed by atoms with Crippen LogP contribution in [-0.2, 0) is 19.4 Å². The summed E-state index contributed by atoms with van der Waals surface area (Å²) in [6, 6.07) is 6.19. The molecule has 0 aliphatic heterocycles. The van der Waals surface area contributed by atoms with E-state index in [0.29, 0.717) is 18.9 Å². The summed E-state index contributed by atoms with van der Waals surface area (Å²) in [7, 11) is 0. The van der Waals surface area contributed by atoms with Gasteiger partial charge in [-0.3, -0.25) is 9.99 Å². The fraction of sp³-hybridized carbons (Fsp3) is 0.389. The molecule has 24 heavy (non-hydrogen) atoms. The minimum absolute atomic E-state index is 0.225. The summed E-state index contributed by atoms with van der Waals surface area (Å²) in [4.78, 5) is 20.9. The van der Waals surface area contributed by atoms with Crippen LogP contribution in [0.15, 0.2) is 23.0 Å². The Morgan fingerprint density at radius 1 is 1.17 bits per heavy atom. The number of anilines is 1. The van der Waals surface area contributed by atoms with Gasteiger partial charge in [-0.05, 0) is 30.9 Å². The normalized spacial score (nSPS) is 10.4. The van der Waals surface area contributed by atoms with Crippen LogP contribution in [0.1, 0.15) is 31.9 Å². The first-order valence-electron chi connectivity index (χ1n) is 8.18. The summed E-state index contributed by atoms with van der Waals surface area (Å²) < 4.78 is 1.60. The maximum atomic E-state index is 12.4. The second-order valence-corrected chi connectivity index (χ2v) is 5.24. The lowest BCUT2D eigenvalue weighted by Crippen LogP contribution is -2.30. The Balaban J connectivity index is 2.65. The molecule has 0 radical (unpaired) electrons. The fourth-order valence-electron chi connectivity index (χ4n) is 2.66. The van der Waals surface area contributed by atoms with Gasteiger partial charge in [-0.25, -0.2) is 10.2 Å². The van der Waals surface area contributed by atoms with Crippen LogP contribution in [0.25, 0.3) is 11.4 Å². The quantitative estimate of drug-likeness (QED) is 0.463. The van der Waals surface area contributed by atoms with Crippen LogP contribution in [0.4, 0.5) is 5.95 Å². The van der Waals surface area contributed by atoms with Crippen LogP contribution in [0.3, 0.4) is 0 Å². The zero-order valence-corrected chi connectivity index (χ0v) is 14.4. The van der Waals surface area contributed by atoms with Gasteiger partial charge in [0, 0.05) is 12.1 Å². The summed E-state index contributed by atoms with van der Waals surface area (Å²) in [6.07, 6.45) is 6.93. The predicted octanol–water partition coefficient (Wildman–Crippen LogP) is 2.00. The van der Waals surface area contributed by atoms with Crippen molar-refractivity contribution in [3.8, 4) is 23.7 Å². The third-order valence-electron chi connectivity index (χ3n) is 3.83. The summed E-state index contributed by atoms with van der Waals surface area (Å²) in [6.45, 7) is 6.93. The smallest absolute Gasteiger partial charge is 0.289 e. The molecule has 1 aromatic heterocycles. The lowest BCUT2D eigenvalue weighted by molar-refractivity contribution is 0.681. The highest BCUT2D eigenvalue weighted by Crippen LogP contribution is 2.27. The number of nitrogens with one attached hydrogen (secondary N) is 2. The molecule has 0 aliphatic rings. The molecule has 0 amide bonds. The Bertz CT molecular complexity index is 782. The van der Waals surface area contributed by atoms with Crippen molar-refractivity contribution in [1.82, 2.24) is 20.0 Å². The topological polar surface area (TPSA) is 71.8 Å². The van der Waals surface area contributed by atoms with Crippen molar-refractivity contribution in [3.05, 3.63) is 39.8 Å². The number of hydrogen-bond acceptors (Lipinski definition) is 5. The molecule has 126 valence electrons. The standard InChI is InChI=1S/C18H23N5O/c1-5-12-19-22-17-20-16(23(8-4)18(24)21-17)15-13(6-2)10-9-11-14(15)7-3/h1,9-11,19H,6-8,12H2,2-4H3,(H,21,22,24). The van der Waals surface area contributed by atoms with Crippen LogP contribution in [0.5, 0.6) is 0 Å². The largest absolute Gasteiger partial charge is 0.352 e. The van der Waals surface area contributed by atoms with Crippen molar-refractivity contribution in [2.24, 2.45) is 0 Å². The van der Waals surface area contributed by atoms with Gasteiger partial charge in [-0.15, -0.1) is 6.42 Å². The molecule has 1 aromatic carbocycles. The van der Waals surface area contributed by atoms with Gasteiger partial charge in [0.1, 0.15) is 5.82 Å². The fourth-order valence-corrected chi connectivity index (χ4v) is 2.66. The molecule has 2 N–H and O–H groups in total. The minimum Gasteiger partial charge on any atom is -0.289 e. The lowest BCUT2D eigenvalue weighted by Gasteiger charge is -2.17. The number of hydrogen-bond donors (Lipinski definition) is 2. The van der Waals surface area contributed by atoms with Gasteiger partial charge in [0.05, 0.1) is 6.54 Å². The molecule has 6 heteroatoms. The third kappa shape index (κ3) is 3.63. The highest BCUT2D eigenvalue weighted by molar-refractivity contribution is 5.66. The molecular formula is C18H23N5O. The first-order valence-corrected chi connectivity index (χ1v) is 8.18. The number of terminal acetylenes is 1. The van der Waals surface area contributed by atoms with Gasteiger partial charge >= 0.3 is 5.69 Å². The third-order valence-corrected chi connectivity index (χ3v) is 3.83. The molecule has 0 saturated carbocycles. The van der Waals surface area contributed by atoms with Crippen LogP contribution in [0.2, 0.25) is 0 Å². The monoisotopic (exact) mass is 325 g/mol. The zero-order valence-electron chi connectivity index (χ0n) is 14.4. The molecule has 2 rings (SSSR count). The number of nitrogens with zero attached hydrogens (tertiary/aromatic N) is 3. The average Bonchev–Trinajstić information content (AvgIpc) is 2.60. The summed E-state index contributed by atoms with van der Waals surface area (Å²) in [5.74, 6) is 3.31. The second kappa shape index (κ2) is 8.27. The summed E-state index contributed by atoms with van der Waals surface area (Å²) in [5.41, 5.74) is 8.60. The Hall–Kier alpha value is -2.65. The van der Waals surface area contributed by atoms with Gasteiger partial charge < -0.3 is 0 Å². The van der Waals surface area contributed by atoms with E-state index in [1.807, 2.05) is 13.0 Å². The maximum Gasteiger partial charge on any atom is 0.352 e. The number of aromatic nitrogens is 3. The predicted molar refractivity (Wildman–Crippen MR) is 96.6 cm³/mol. The first kappa shape index (κ1) is 17.7. The van der Waals surface area contributed by atoms with E-state index in [1.54, 1.807) is 4.57 Å². The highest BCUT2D eigenvalue weighted by Gasteiger charge is 2.16. The van der Waals surface area contributed by atoms with E-state index in [0.717, 1.165) is 29.5 Å². The van der Waals surface area contributed by atoms with Crippen molar-refractivity contribution >= 4 is 5.95 Å². The van der Waals surface area contributed by atoms with Gasteiger partial charge in [0.15, 0.2) is 0 Å².